The predicted octanol–water partition coefficient (Wildman–Crippen LogP) is 5.50. The molecular formula is C10H12BrCl2O2PS. The molecule has 0 spiro atoms. The van der Waals surface area contributed by atoms with Crippen LogP contribution >= 0.6 is 45.6 Å². The summed E-state index contributed by atoms with van der Waals surface area (Å²) in [5.41, 5.74) is 0. The van der Waals surface area contributed by atoms with Gasteiger partial charge in [-0.2, -0.15) is 0 Å². The largest absolute Gasteiger partial charge is 0.442 e. The Labute approximate surface area is 125 Å². The maximum Gasteiger partial charge on any atom is 0.235 e. The molecule has 1 rings (SSSR count). The molecule has 0 aliphatic rings. The van der Waals surface area contributed by atoms with E-state index in [4.69, 9.17) is 44.1 Å². The normalized spacial score (nSPS) is 14.8. The molecule has 17 heavy (non-hydrogen) atoms. The lowest BCUT2D eigenvalue weighted by Gasteiger charge is -2.22. The van der Waals surface area contributed by atoms with Crippen molar-refractivity contribution in [2.75, 3.05) is 6.66 Å². The summed E-state index contributed by atoms with van der Waals surface area (Å²) in [6.45, 7) is 3.21. The SMILES string of the molecule is CC(C)OP(C)(=S)Oc1cc(Cl)c(Br)cc1Cl. The van der Waals surface area contributed by atoms with Crippen LogP contribution in [0.1, 0.15) is 13.8 Å². The first kappa shape index (κ1) is 15.7. The number of halogens is 3. The fraction of sp³-hybridized carbons (Fsp3) is 0.400. The van der Waals surface area contributed by atoms with Gasteiger partial charge in [-0.05, 0) is 47.7 Å². The van der Waals surface area contributed by atoms with E-state index in [2.05, 4.69) is 15.9 Å². The van der Waals surface area contributed by atoms with Crippen LogP contribution in [0.4, 0.5) is 0 Å². The zero-order valence-electron chi connectivity index (χ0n) is 9.54. The van der Waals surface area contributed by atoms with E-state index >= 15 is 0 Å². The summed E-state index contributed by atoms with van der Waals surface area (Å²) < 4.78 is 11.9. The summed E-state index contributed by atoms with van der Waals surface area (Å²) in [5, 5.41) is 0.966. The summed E-state index contributed by atoms with van der Waals surface area (Å²) in [7, 11) is 0. The second kappa shape index (κ2) is 6.23. The van der Waals surface area contributed by atoms with Gasteiger partial charge < -0.3 is 9.05 Å². The molecule has 0 N–H and O–H groups in total. The Hall–Kier alpha value is 0.690. The highest BCUT2D eigenvalue weighted by atomic mass is 79.9. The van der Waals surface area contributed by atoms with E-state index in [1.165, 1.54) is 0 Å². The first-order chi connectivity index (χ1) is 7.71. The van der Waals surface area contributed by atoms with Crippen LogP contribution in [-0.4, -0.2) is 12.8 Å². The second-order valence-electron chi connectivity index (χ2n) is 3.71. The number of hydrogen-bond donors (Lipinski definition) is 0. The van der Waals surface area contributed by atoms with Crippen molar-refractivity contribution in [3.8, 4) is 5.75 Å². The molecule has 0 aromatic heterocycles. The van der Waals surface area contributed by atoms with Crippen LogP contribution in [0, 0.1) is 0 Å². The van der Waals surface area contributed by atoms with Crippen LogP contribution in [-0.2, 0) is 16.3 Å². The van der Waals surface area contributed by atoms with E-state index in [-0.39, 0.29) is 6.10 Å². The minimum atomic E-state index is -2.36. The van der Waals surface area contributed by atoms with Crippen molar-refractivity contribution in [2.24, 2.45) is 0 Å². The van der Waals surface area contributed by atoms with Gasteiger partial charge in [0, 0.05) is 17.2 Å². The maximum atomic E-state index is 6.05. The van der Waals surface area contributed by atoms with Gasteiger partial charge in [0.2, 0.25) is 6.49 Å². The number of benzene rings is 1. The van der Waals surface area contributed by atoms with Crippen molar-refractivity contribution in [3.63, 3.8) is 0 Å². The average molecular weight is 378 g/mol. The Morgan fingerprint density at radius 2 is 1.88 bits per heavy atom. The van der Waals surface area contributed by atoms with E-state index in [1.807, 2.05) is 13.8 Å². The van der Waals surface area contributed by atoms with Gasteiger partial charge in [0.15, 0.2) is 0 Å². The van der Waals surface area contributed by atoms with Crippen LogP contribution < -0.4 is 4.52 Å². The van der Waals surface area contributed by atoms with E-state index in [9.17, 15) is 0 Å². The van der Waals surface area contributed by atoms with Gasteiger partial charge in [0.05, 0.1) is 16.1 Å². The molecule has 1 atom stereocenters. The van der Waals surface area contributed by atoms with Gasteiger partial charge in [-0.3, -0.25) is 0 Å². The lowest BCUT2D eigenvalue weighted by atomic mass is 10.3. The quantitative estimate of drug-likeness (QED) is 0.509. The first-order valence-corrected chi connectivity index (χ1v) is 9.45. The van der Waals surface area contributed by atoms with Gasteiger partial charge >= 0.3 is 0 Å². The van der Waals surface area contributed by atoms with Crippen LogP contribution in [0.2, 0.25) is 10.0 Å². The Bertz CT molecular complexity index is 468. The molecular weight excluding hydrogens is 366 g/mol. The molecule has 96 valence electrons. The van der Waals surface area contributed by atoms with Gasteiger partial charge in [-0.25, -0.2) is 0 Å². The highest BCUT2D eigenvalue weighted by Gasteiger charge is 2.18. The molecule has 0 saturated carbocycles. The molecule has 0 amide bonds. The third-order valence-corrected chi connectivity index (χ3v) is 4.95. The van der Waals surface area contributed by atoms with Crippen molar-refractivity contribution < 1.29 is 9.05 Å². The highest BCUT2D eigenvalue weighted by molar-refractivity contribution is 9.10. The third kappa shape index (κ3) is 5.06. The number of rotatable bonds is 4. The minimum Gasteiger partial charge on any atom is -0.442 e. The molecule has 0 fully saturated rings. The van der Waals surface area contributed by atoms with Crippen molar-refractivity contribution >= 4 is 57.4 Å². The lowest BCUT2D eigenvalue weighted by Crippen LogP contribution is -2.04. The van der Waals surface area contributed by atoms with Crippen molar-refractivity contribution in [3.05, 3.63) is 26.7 Å². The molecule has 0 aliphatic carbocycles. The maximum absolute atomic E-state index is 6.05. The van der Waals surface area contributed by atoms with Crippen LogP contribution in [0.25, 0.3) is 0 Å². The zero-order valence-corrected chi connectivity index (χ0v) is 14.3. The molecule has 1 unspecified atom stereocenters. The second-order valence-corrected chi connectivity index (χ2v) is 9.31. The van der Waals surface area contributed by atoms with E-state index in [1.54, 1.807) is 18.8 Å². The fourth-order valence-corrected chi connectivity index (χ4v) is 4.12. The smallest absolute Gasteiger partial charge is 0.235 e. The molecule has 2 nitrogen and oxygen atoms in total. The molecule has 0 radical (unpaired) electrons. The van der Waals surface area contributed by atoms with Crippen LogP contribution in [0.3, 0.4) is 0 Å². The first-order valence-electron chi connectivity index (χ1n) is 4.81. The van der Waals surface area contributed by atoms with Gasteiger partial charge in [0.1, 0.15) is 5.75 Å². The Balaban J connectivity index is 2.96. The molecule has 0 heterocycles. The standard InChI is InChI=1S/C10H12BrCl2O2PS/c1-6(2)14-16(3,17)15-10-5-8(12)7(11)4-9(10)13/h4-6H,1-3H3. The zero-order chi connectivity index (χ0) is 13.2. The number of hydrogen-bond acceptors (Lipinski definition) is 3. The molecule has 0 aliphatic heterocycles. The summed E-state index contributed by atoms with van der Waals surface area (Å²) >= 11 is 20.6. The summed E-state index contributed by atoms with van der Waals surface area (Å²) in [4.78, 5) is 0. The molecule has 1 aromatic rings. The van der Waals surface area contributed by atoms with E-state index in [0.717, 1.165) is 0 Å². The van der Waals surface area contributed by atoms with Crippen molar-refractivity contribution in [1.29, 1.82) is 0 Å². The van der Waals surface area contributed by atoms with Crippen LogP contribution in [0.5, 0.6) is 5.75 Å². The topological polar surface area (TPSA) is 18.5 Å². The molecule has 0 saturated heterocycles. The predicted molar refractivity (Wildman–Crippen MR) is 81.2 cm³/mol. The van der Waals surface area contributed by atoms with Crippen molar-refractivity contribution in [1.82, 2.24) is 0 Å². The highest BCUT2D eigenvalue weighted by Crippen LogP contribution is 2.48. The minimum absolute atomic E-state index is 0.00975. The Morgan fingerprint density at radius 1 is 1.29 bits per heavy atom. The summed E-state index contributed by atoms with van der Waals surface area (Å²) in [6, 6.07) is 3.30. The summed E-state index contributed by atoms with van der Waals surface area (Å²) in [5.74, 6) is 0.450. The Morgan fingerprint density at radius 3 is 2.41 bits per heavy atom. The average Bonchev–Trinajstić information content (AvgIpc) is 2.11. The van der Waals surface area contributed by atoms with Crippen molar-refractivity contribution in [2.45, 2.75) is 20.0 Å². The third-order valence-electron chi connectivity index (χ3n) is 1.64. The van der Waals surface area contributed by atoms with Gasteiger partial charge in [0.25, 0.3) is 0 Å². The van der Waals surface area contributed by atoms with Crippen LogP contribution in [0.15, 0.2) is 16.6 Å². The van der Waals surface area contributed by atoms with E-state index in [0.29, 0.717) is 20.3 Å². The molecule has 1 aromatic carbocycles. The van der Waals surface area contributed by atoms with E-state index < -0.39 is 6.49 Å². The van der Waals surface area contributed by atoms with Gasteiger partial charge in [-0.1, -0.05) is 23.2 Å². The lowest BCUT2D eigenvalue weighted by molar-refractivity contribution is 0.245. The molecule has 7 heteroatoms. The Kier molecular flexibility index (Phi) is 5.77. The van der Waals surface area contributed by atoms with Gasteiger partial charge in [-0.15, -0.1) is 0 Å². The summed E-state index contributed by atoms with van der Waals surface area (Å²) in [6.07, 6.45) is 0.00975. The monoisotopic (exact) mass is 376 g/mol. The molecule has 0 bridgehead atoms. The fourth-order valence-electron chi connectivity index (χ4n) is 1.16.